The van der Waals surface area contributed by atoms with Crippen LogP contribution in [-0.2, 0) is 4.79 Å². The highest BCUT2D eigenvalue weighted by atomic mass is 16.5. The molecule has 1 unspecified atom stereocenters. The maximum absolute atomic E-state index is 12.6. The fourth-order valence-electron chi connectivity index (χ4n) is 3.83. The van der Waals surface area contributed by atoms with Crippen molar-refractivity contribution in [2.75, 3.05) is 27.9 Å². The Morgan fingerprint density at radius 3 is 1.65 bits per heavy atom. The van der Waals surface area contributed by atoms with Crippen LogP contribution < -0.4 is 19.5 Å². The van der Waals surface area contributed by atoms with Gasteiger partial charge in [-0.1, -0.05) is 77.6 Å². The fourth-order valence-corrected chi connectivity index (χ4v) is 3.83. The van der Waals surface area contributed by atoms with Gasteiger partial charge in [-0.15, -0.1) is 0 Å². The van der Waals surface area contributed by atoms with E-state index in [-0.39, 0.29) is 11.8 Å². The summed E-state index contributed by atoms with van der Waals surface area (Å²) < 4.78 is 16.1. The molecule has 0 heterocycles. The van der Waals surface area contributed by atoms with Gasteiger partial charge in [-0.05, 0) is 31.0 Å². The standard InChI is InChI=1S/C26H45NO4/c1-6-7-8-9-10-11-12-13-14-15-16-17-18-27-26(28)21(2)22-19-23(29-3)25(31-5)24(20-22)30-4/h19-21H,6-18H2,1-5H3,(H,27,28). The van der Waals surface area contributed by atoms with Gasteiger partial charge in [-0.3, -0.25) is 4.79 Å². The van der Waals surface area contributed by atoms with E-state index in [0.717, 1.165) is 18.5 Å². The van der Waals surface area contributed by atoms with Gasteiger partial charge in [0.05, 0.1) is 27.2 Å². The van der Waals surface area contributed by atoms with Crippen LogP contribution in [0.2, 0.25) is 0 Å². The summed E-state index contributed by atoms with van der Waals surface area (Å²) in [6.07, 6.45) is 15.8. The molecule has 0 saturated carbocycles. The van der Waals surface area contributed by atoms with Crippen LogP contribution in [0.3, 0.4) is 0 Å². The average Bonchev–Trinajstić information content (AvgIpc) is 2.80. The van der Waals surface area contributed by atoms with Crippen molar-refractivity contribution in [1.29, 1.82) is 0 Å². The van der Waals surface area contributed by atoms with E-state index in [1.165, 1.54) is 70.6 Å². The number of rotatable bonds is 18. The van der Waals surface area contributed by atoms with E-state index >= 15 is 0 Å². The highest BCUT2D eigenvalue weighted by molar-refractivity contribution is 5.83. The number of unbranched alkanes of at least 4 members (excludes halogenated alkanes) is 11. The van der Waals surface area contributed by atoms with Crippen molar-refractivity contribution in [1.82, 2.24) is 5.32 Å². The third-order valence-corrected chi connectivity index (χ3v) is 5.91. The molecule has 31 heavy (non-hydrogen) atoms. The van der Waals surface area contributed by atoms with Crippen LogP contribution >= 0.6 is 0 Å². The molecule has 1 atom stereocenters. The lowest BCUT2D eigenvalue weighted by Crippen LogP contribution is -2.28. The molecular weight excluding hydrogens is 390 g/mol. The molecule has 5 nitrogen and oxygen atoms in total. The Kier molecular flexibility index (Phi) is 14.6. The highest BCUT2D eigenvalue weighted by Crippen LogP contribution is 2.40. The van der Waals surface area contributed by atoms with Gasteiger partial charge in [0, 0.05) is 6.54 Å². The fraction of sp³-hybridized carbons (Fsp3) is 0.731. The van der Waals surface area contributed by atoms with E-state index in [4.69, 9.17) is 14.2 Å². The normalized spacial score (nSPS) is 11.8. The maximum atomic E-state index is 12.6. The largest absolute Gasteiger partial charge is 0.493 e. The predicted octanol–water partition coefficient (Wildman–Crippen LogP) is 6.63. The number of methoxy groups -OCH3 is 3. The topological polar surface area (TPSA) is 56.8 Å². The Bertz CT molecular complexity index is 592. The molecule has 0 fully saturated rings. The van der Waals surface area contributed by atoms with Crippen molar-refractivity contribution < 1.29 is 19.0 Å². The second-order valence-corrected chi connectivity index (χ2v) is 8.36. The van der Waals surface area contributed by atoms with Gasteiger partial charge in [0.1, 0.15) is 0 Å². The summed E-state index contributed by atoms with van der Waals surface area (Å²) in [5.41, 5.74) is 0.849. The number of nitrogens with one attached hydrogen (secondary N) is 1. The lowest BCUT2D eigenvalue weighted by atomic mass is 9.99. The second kappa shape index (κ2) is 16.7. The van der Waals surface area contributed by atoms with Gasteiger partial charge in [0.25, 0.3) is 0 Å². The minimum atomic E-state index is -0.286. The summed E-state index contributed by atoms with van der Waals surface area (Å²) in [5, 5.41) is 3.07. The van der Waals surface area contributed by atoms with Crippen LogP contribution in [0.1, 0.15) is 102 Å². The number of hydrogen-bond acceptors (Lipinski definition) is 4. The van der Waals surface area contributed by atoms with Gasteiger partial charge in [-0.25, -0.2) is 0 Å². The lowest BCUT2D eigenvalue weighted by Gasteiger charge is -2.17. The summed E-state index contributed by atoms with van der Waals surface area (Å²) in [6, 6.07) is 3.69. The maximum Gasteiger partial charge on any atom is 0.227 e. The highest BCUT2D eigenvalue weighted by Gasteiger charge is 2.20. The molecule has 1 aromatic carbocycles. The number of hydrogen-bond donors (Lipinski definition) is 1. The van der Waals surface area contributed by atoms with Crippen LogP contribution in [0.4, 0.5) is 0 Å². The molecular formula is C26H45NO4. The van der Waals surface area contributed by atoms with Crippen LogP contribution in [-0.4, -0.2) is 33.8 Å². The molecule has 0 aliphatic heterocycles. The molecule has 0 bridgehead atoms. The van der Waals surface area contributed by atoms with Crippen molar-refractivity contribution in [2.45, 2.75) is 96.8 Å². The van der Waals surface area contributed by atoms with E-state index in [2.05, 4.69) is 12.2 Å². The summed E-state index contributed by atoms with van der Waals surface area (Å²) in [5.74, 6) is 1.41. The molecule has 0 spiro atoms. The third-order valence-electron chi connectivity index (χ3n) is 5.91. The molecule has 0 radical (unpaired) electrons. The Morgan fingerprint density at radius 2 is 1.23 bits per heavy atom. The number of carbonyl (C=O) groups is 1. The molecule has 0 saturated heterocycles. The summed E-state index contributed by atoms with van der Waals surface area (Å²) in [7, 11) is 4.74. The quantitative estimate of drug-likeness (QED) is 0.263. The first-order valence-electron chi connectivity index (χ1n) is 12.2. The number of ether oxygens (including phenoxy) is 3. The number of benzene rings is 1. The van der Waals surface area contributed by atoms with E-state index < -0.39 is 0 Å². The van der Waals surface area contributed by atoms with E-state index in [9.17, 15) is 4.79 Å². The first-order valence-corrected chi connectivity index (χ1v) is 12.2. The van der Waals surface area contributed by atoms with Crippen LogP contribution in [0.25, 0.3) is 0 Å². The SMILES string of the molecule is CCCCCCCCCCCCCCNC(=O)C(C)c1cc(OC)c(OC)c(OC)c1. The van der Waals surface area contributed by atoms with Crippen molar-refractivity contribution in [2.24, 2.45) is 0 Å². The Labute approximate surface area is 190 Å². The predicted molar refractivity (Wildman–Crippen MR) is 129 cm³/mol. The Balaban J connectivity index is 2.23. The van der Waals surface area contributed by atoms with Gasteiger partial charge in [-0.2, -0.15) is 0 Å². The summed E-state index contributed by atoms with van der Waals surface area (Å²) >= 11 is 0. The minimum Gasteiger partial charge on any atom is -0.493 e. The summed E-state index contributed by atoms with van der Waals surface area (Å²) in [4.78, 5) is 12.6. The zero-order chi connectivity index (χ0) is 22.9. The number of amides is 1. The summed E-state index contributed by atoms with van der Waals surface area (Å²) in [6.45, 7) is 4.89. The first kappa shape index (κ1) is 27.1. The van der Waals surface area contributed by atoms with Crippen molar-refractivity contribution >= 4 is 5.91 Å². The van der Waals surface area contributed by atoms with Gasteiger partial charge >= 0.3 is 0 Å². The van der Waals surface area contributed by atoms with E-state index in [0.29, 0.717) is 17.2 Å². The molecule has 0 aromatic heterocycles. The molecule has 0 aliphatic carbocycles. The van der Waals surface area contributed by atoms with Crippen molar-refractivity contribution in [3.05, 3.63) is 17.7 Å². The van der Waals surface area contributed by atoms with Crippen LogP contribution in [0.5, 0.6) is 17.2 Å². The minimum absolute atomic E-state index is 0.0253. The molecule has 1 rings (SSSR count). The monoisotopic (exact) mass is 435 g/mol. The van der Waals surface area contributed by atoms with Crippen molar-refractivity contribution in [3.63, 3.8) is 0 Å². The average molecular weight is 436 g/mol. The third kappa shape index (κ3) is 10.3. The second-order valence-electron chi connectivity index (χ2n) is 8.36. The van der Waals surface area contributed by atoms with Gasteiger partial charge in [0.2, 0.25) is 11.7 Å². The zero-order valence-corrected chi connectivity index (χ0v) is 20.6. The van der Waals surface area contributed by atoms with Gasteiger partial charge in [0.15, 0.2) is 11.5 Å². The molecule has 5 heteroatoms. The van der Waals surface area contributed by atoms with E-state index in [1.807, 2.05) is 19.1 Å². The smallest absolute Gasteiger partial charge is 0.227 e. The van der Waals surface area contributed by atoms with Crippen molar-refractivity contribution in [3.8, 4) is 17.2 Å². The van der Waals surface area contributed by atoms with Gasteiger partial charge < -0.3 is 19.5 Å². The zero-order valence-electron chi connectivity index (χ0n) is 20.6. The van der Waals surface area contributed by atoms with Crippen LogP contribution in [0.15, 0.2) is 12.1 Å². The molecule has 0 aliphatic rings. The van der Waals surface area contributed by atoms with E-state index in [1.54, 1.807) is 21.3 Å². The molecule has 1 amide bonds. The molecule has 1 aromatic rings. The van der Waals surface area contributed by atoms with Crippen LogP contribution in [0, 0.1) is 0 Å². The Morgan fingerprint density at radius 1 is 0.774 bits per heavy atom. The number of carbonyl (C=O) groups excluding carboxylic acids is 1. The molecule has 178 valence electrons. The Hall–Kier alpha value is -1.91. The molecule has 1 N–H and O–H groups in total. The first-order chi connectivity index (χ1) is 15.1. The lowest BCUT2D eigenvalue weighted by molar-refractivity contribution is -0.122.